The standard InChI is InChI=1S/C10H13F/c1-10(2,3)8-5-4-6-9(11)7-8/h4-7H,1-3H3. The third-order valence-corrected chi connectivity index (χ3v) is 1.69. The normalized spacial score (nSPS) is 11.6. The fraction of sp³-hybridized carbons (Fsp3) is 0.400. The largest absolute Gasteiger partial charge is 0.207 e. The van der Waals surface area contributed by atoms with Gasteiger partial charge in [0, 0.05) is 0 Å². The molecule has 0 unspecified atom stereocenters. The minimum atomic E-state index is -0.155. The van der Waals surface area contributed by atoms with E-state index in [0.717, 1.165) is 5.56 Å². The predicted octanol–water partition coefficient (Wildman–Crippen LogP) is 3.12. The zero-order valence-electron chi connectivity index (χ0n) is 7.19. The molecule has 0 aliphatic heterocycles. The van der Waals surface area contributed by atoms with Gasteiger partial charge in [0.25, 0.3) is 0 Å². The second-order valence-electron chi connectivity index (χ2n) is 3.76. The summed E-state index contributed by atoms with van der Waals surface area (Å²) in [5, 5.41) is 0. The molecule has 0 aliphatic carbocycles. The zero-order valence-corrected chi connectivity index (χ0v) is 7.19. The van der Waals surface area contributed by atoms with Crippen LogP contribution in [0.5, 0.6) is 0 Å². The van der Waals surface area contributed by atoms with Crippen LogP contribution in [-0.2, 0) is 5.41 Å². The molecule has 1 heteroatoms. The highest BCUT2D eigenvalue weighted by molar-refractivity contribution is 5.23. The molecule has 0 heterocycles. The van der Waals surface area contributed by atoms with Crippen LogP contribution in [0.2, 0.25) is 0 Å². The highest BCUT2D eigenvalue weighted by Crippen LogP contribution is 2.21. The summed E-state index contributed by atoms with van der Waals surface area (Å²) in [6, 6.07) is 6.74. The average molecular weight is 152 g/mol. The highest BCUT2D eigenvalue weighted by Gasteiger charge is 2.13. The maximum absolute atomic E-state index is 12.7. The lowest BCUT2D eigenvalue weighted by Crippen LogP contribution is -2.10. The molecule has 0 aliphatic rings. The molecular formula is C10H13F. The Kier molecular flexibility index (Phi) is 1.99. The van der Waals surface area contributed by atoms with Crippen LogP contribution in [0, 0.1) is 5.82 Å². The van der Waals surface area contributed by atoms with Gasteiger partial charge in [-0.3, -0.25) is 0 Å². The van der Waals surface area contributed by atoms with Gasteiger partial charge < -0.3 is 0 Å². The molecule has 0 fully saturated rings. The van der Waals surface area contributed by atoms with Crippen LogP contribution in [-0.4, -0.2) is 0 Å². The van der Waals surface area contributed by atoms with Crippen molar-refractivity contribution in [2.45, 2.75) is 26.2 Å². The van der Waals surface area contributed by atoms with Crippen molar-refractivity contribution >= 4 is 0 Å². The van der Waals surface area contributed by atoms with E-state index in [1.807, 2.05) is 6.07 Å². The van der Waals surface area contributed by atoms with Crippen LogP contribution < -0.4 is 0 Å². The van der Waals surface area contributed by atoms with Crippen molar-refractivity contribution in [3.05, 3.63) is 35.6 Å². The van der Waals surface area contributed by atoms with Gasteiger partial charge in [0.2, 0.25) is 0 Å². The molecule has 0 saturated carbocycles. The maximum Gasteiger partial charge on any atom is 0.123 e. The van der Waals surface area contributed by atoms with Crippen molar-refractivity contribution in [2.75, 3.05) is 0 Å². The number of rotatable bonds is 0. The fourth-order valence-electron chi connectivity index (χ4n) is 0.955. The van der Waals surface area contributed by atoms with Crippen LogP contribution in [0.15, 0.2) is 24.3 Å². The summed E-state index contributed by atoms with van der Waals surface area (Å²) in [5.74, 6) is -0.155. The van der Waals surface area contributed by atoms with Gasteiger partial charge in [-0.05, 0) is 23.1 Å². The van der Waals surface area contributed by atoms with Gasteiger partial charge >= 0.3 is 0 Å². The Balaban J connectivity index is 3.06. The van der Waals surface area contributed by atoms with E-state index < -0.39 is 0 Å². The third kappa shape index (κ3) is 2.04. The van der Waals surface area contributed by atoms with E-state index in [0.29, 0.717) is 0 Å². The van der Waals surface area contributed by atoms with Crippen molar-refractivity contribution in [2.24, 2.45) is 0 Å². The first kappa shape index (κ1) is 8.25. The smallest absolute Gasteiger partial charge is 0.123 e. The molecule has 60 valence electrons. The summed E-state index contributed by atoms with van der Waals surface area (Å²) in [4.78, 5) is 0. The third-order valence-electron chi connectivity index (χ3n) is 1.69. The Morgan fingerprint density at radius 2 is 1.82 bits per heavy atom. The summed E-state index contributed by atoms with van der Waals surface area (Å²) < 4.78 is 12.7. The minimum Gasteiger partial charge on any atom is -0.207 e. The van der Waals surface area contributed by atoms with Crippen LogP contribution >= 0.6 is 0 Å². The SMILES string of the molecule is CC(C)(C)c1cccc(F)c1. The molecule has 0 aromatic heterocycles. The van der Waals surface area contributed by atoms with Crippen LogP contribution in [0.25, 0.3) is 0 Å². The van der Waals surface area contributed by atoms with Gasteiger partial charge in [0.05, 0.1) is 0 Å². The van der Waals surface area contributed by atoms with E-state index in [1.54, 1.807) is 12.1 Å². The molecular weight excluding hydrogens is 139 g/mol. The van der Waals surface area contributed by atoms with E-state index in [1.165, 1.54) is 6.07 Å². The monoisotopic (exact) mass is 152 g/mol. The Labute approximate surface area is 67.1 Å². The summed E-state index contributed by atoms with van der Waals surface area (Å²) in [5.41, 5.74) is 1.08. The van der Waals surface area contributed by atoms with Crippen molar-refractivity contribution in [1.82, 2.24) is 0 Å². The summed E-state index contributed by atoms with van der Waals surface area (Å²) in [6.45, 7) is 6.21. The fourth-order valence-corrected chi connectivity index (χ4v) is 0.955. The van der Waals surface area contributed by atoms with Gasteiger partial charge in [-0.1, -0.05) is 32.9 Å². The van der Waals surface area contributed by atoms with Crippen molar-refractivity contribution < 1.29 is 4.39 Å². The summed E-state index contributed by atoms with van der Waals surface area (Å²) in [6.07, 6.45) is 0. The molecule has 1 rings (SSSR count). The Bertz CT molecular complexity index is 245. The number of benzene rings is 1. The lowest BCUT2D eigenvalue weighted by atomic mass is 9.87. The number of hydrogen-bond donors (Lipinski definition) is 0. The van der Waals surface area contributed by atoms with E-state index >= 15 is 0 Å². The second kappa shape index (κ2) is 2.65. The molecule has 0 saturated heterocycles. The molecule has 1 aromatic carbocycles. The van der Waals surface area contributed by atoms with Gasteiger partial charge in [-0.25, -0.2) is 4.39 Å². The molecule has 0 amide bonds. The molecule has 0 spiro atoms. The quantitative estimate of drug-likeness (QED) is 0.535. The Hall–Kier alpha value is -0.850. The van der Waals surface area contributed by atoms with Gasteiger partial charge in [-0.15, -0.1) is 0 Å². The van der Waals surface area contributed by atoms with E-state index in [-0.39, 0.29) is 11.2 Å². The summed E-state index contributed by atoms with van der Waals surface area (Å²) in [7, 11) is 0. The molecule has 0 N–H and O–H groups in total. The Morgan fingerprint density at radius 1 is 1.18 bits per heavy atom. The summed E-state index contributed by atoms with van der Waals surface area (Å²) >= 11 is 0. The van der Waals surface area contributed by atoms with Crippen molar-refractivity contribution in [3.8, 4) is 0 Å². The van der Waals surface area contributed by atoms with E-state index in [2.05, 4.69) is 20.8 Å². The van der Waals surface area contributed by atoms with Crippen LogP contribution in [0.1, 0.15) is 26.3 Å². The average Bonchev–Trinajstić information content (AvgIpc) is 1.86. The van der Waals surface area contributed by atoms with E-state index in [9.17, 15) is 4.39 Å². The minimum absolute atomic E-state index is 0.0437. The zero-order chi connectivity index (χ0) is 8.48. The lowest BCUT2D eigenvalue weighted by molar-refractivity contribution is 0.572. The van der Waals surface area contributed by atoms with Crippen molar-refractivity contribution in [3.63, 3.8) is 0 Å². The Morgan fingerprint density at radius 3 is 2.18 bits per heavy atom. The number of halogens is 1. The van der Waals surface area contributed by atoms with Gasteiger partial charge in [-0.2, -0.15) is 0 Å². The molecule has 0 radical (unpaired) electrons. The lowest BCUT2D eigenvalue weighted by Gasteiger charge is -2.18. The molecule has 11 heavy (non-hydrogen) atoms. The van der Waals surface area contributed by atoms with E-state index in [4.69, 9.17) is 0 Å². The molecule has 0 nitrogen and oxygen atoms in total. The molecule has 0 atom stereocenters. The second-order valence-corrected chi connectivity index (χ2v) is 3.76. The highest BCUT2D eigenvalue weighted by atomic mass is 19.1. The topological polar surface area (TPSA) is 0 Å². The first-order valence-electron chi connectivity index (χ1n) is 3.76. The van der Waals surface area contributed by atoms with Crippen LogP contribution in [0.4, 0.5) is 4.39 Å². The number of hydrogen-bond acceptors (Lipinski definition) is 0. The van der Waals surface area contributed by atoms with Gasteiger partial charge in [0.15, 0.2) is 0 Å². The molecule has 1 aromatic rings. The van der Waals surface area contributed by atoms with Crippen LogP contribution in [0.3, 0.4) is 0 Å². The predicted molar refractivity (Wildman–Crippen MR) is 45.1 cm³/mol. The van der Waals surface area contributed by atoms with Crippen molar-refractivity contribution in [1.29, 1.82) is 0 Å². The molecule has 0 bridgehead atoms. The first-order chi connectivity index (χ1) is 5.00. The van der Waals surface area contributed by atoms with Gasteiger partial charge in [0.1, 0.15) is 5.82 Å². The first-order valence-corrected chi connectivity index (χ1v) is 3.76. The maximum atomic E-state index is 12.7.